The molecule has 0 saturated carbocycles. The molecular weight excluding hydrogens is 476 g/mol. The fourth-order valence-electron chi connectivity index (χ4n) is 4.91. The lowest BCUT2D eigenvalue weighted by molar-refractivity contribution is 0.313. The molecule has 4 heterocycles. The summed E-state index contributed by atoms with van der Waals surface area (Å²) < 4.78 is 1.71. The average Bonchev–Trinajstić information content (AvgIpc) is 3.49. The maximum Gasteiger partial charge on any atom is 0.260 e. The maximum atomic E-state index is 13.5. The minimum Gasteiger partial charge on any atom is -0.369 e. The van der Waals surface area contributed by atoms with Crippen LogP contribution in [0.1, 0.15) is 6.92 Å². The van der Waals surface area contributed by atoms with Gasteiger partial charge in [0.05, 0.1) is 5.69 Å². The highest BCUT2D eigenvalue weighted by atomic mass is 16.1. The van der Waals surface area contributed by atoms with E-state index in [2.05, 4.69) is 49.5 Å². The van der Waals surface area contributed by atoms with E-state index in [0.29, 0.717) is 23.7 Å². The van der Waals surface area contributed by atoms with Gasteiger partial charge in [0.25, 0.3) is 5.56 Å². The van der Waals surface area contributed by atoms with E-state index in [-0.39, 0.29) is 5.56 Å². The molecule has 3 aromatic heterocycles. The van der Waals surface area contributed by atoms with E-state index >= 15 is 0 Å². The van der Waals surface area contributed by atoms with Gasteiger partial charge in [0.2, 0.25) is 5.95 Å². The van der Waals surface area contributed by atoms with Gasteiger partial charge in [-0.2, -0.15) is 10.1 Å². The minimum absolute atomic E-state index is 0.0736. The standard InChI is InChI=1S/C29H30N8O/c1-3-37-27-22(18-25(28(37)38)20-4-6-21(7-5-20)26-12-13-31-34-26)19-30-29(33-27)32-23-8-10-24(11-9-23)36-16-14-35(2)15-17-36/h4-13,18-19H,3,14-17H2,1-2H3,(H,31,34)(H,30,32,33). The number of benzene rings is 2. The molecule has 6 rings (SSSR count). The SMILES string of the molecule is CCn1c(=O)c(-c2ccc(-c3ccn[nH]3)cc2)cc2cnc(Nc3ccc(N4CCN(C)CC4)cc3)nc21. The van der Waals surface area contributed by atoms with Crippen LogP contribution in [0.2, 0.25) is 0 Å². The minimum atomic E-state index is -0.0736. The number of aromatic amines is 1. The van der Waals surface area contributed by atoms with Crippen LogP contribution in [0.15, 0.2) is 77.9 Å². The second-order valence-corrected chi connectivity index (χ2v) is 9.59. The molecule has 1 aliphatic rings. The van der Waals surface area contributed by atoms with E-state index < -0.39 is 0 Å². The molecular formula is C29H30N8O. The second kappa shape index (κ2) is 10.1. The van der Waals surface area contributed by atoms with Crippen molar-refractivity contribution >= 4 is 28.4 Å². The van der Waals surface area contributed by atoms with Crippen molar-refractivity contribution in [3.05, 3.63) is 83.4 Å². The number of aromatic nitrogens is 5. The number of H-pyrrole nitrogens is 1. The lowest BCUT2D eigenvalue weighted by Gasteiger charge is -2.34. The predicted octanol–water partition coefficient (Wildman–Crippen LogP) is 4.36. The van der Waals surface area contributed by atoms with E-state index in [4.69, 9.17) is 4.98 Å². The van der Waals surface area contributed by atoms with Crippen LogP contribution >= 0.6 is 0 Å². The van der Waals surface area contributed by atoms with E-state index in [1.54, 1.807) is 17.0 Å². The van der Waals surface area contributed by atoms with Crippen molar-refractivity contribution in [2.45, 2.75) is 13.5 Å². The van der Waals surface area contributed by atoms with E-state index in [1.807, 2.05) is 55.5 Å². The van der Waals surface area contributed by atoms with Crippen LogP contribution in [0.25, 0.3) is 33.4 Å². The van der Waals surface area contributed by atoms with E-state index in [1.165, 1.54) is 5.69 Å². The van der Waals surface area contributed by atoms with Crippen molar-refractivity contribution in [2.75, 3.05) is 43.4 Å². The highest BCUT2D eigenvalue weighted by Crippen LogP contribution is 2.25. The summed E-state index contributed by atoms with van der Waals surface area (Å²) in [6, 6.07) is 20.0. The molecule has 0 amide bonds. The van der Waals surface area contributed by atoms with E-state index in [0.717, 1.165) is 54.1 Å². The first-order valence-electron chi connectivity index (χ1n) is 12.9. The zero-order chi connectivity index (χ0) is 26.1. The fraction of sp³-hybridized carbons (Fsp3) is 0.241. The first-order chi connectivity index (χ1) is 18.6. The molecule has 5 aromatic rings. The Labute approximate surface area is 220 Å². The Bertz CT molecular complexity index is 1600. The summed E-state index contributed by atoms with van der Waals surface area (Å²) in [6.07, 6.45) is 3.50. The third-order valence-corrected chi connectivity index (χ3v) is 7.14. The average molecular weight is 507 g/mol. The quantitative estimate of drug-likeness (QED) is 0.353. The number of piperazine rings is 1. The first-order valence-corrected chi connectivity index (χ1v) is 12.9. The van der Waals surface area contributed by atoms with Crippen LogP contribution in [0.4, 0.5) is 17.3 Å². The number of nitrogens with one attached hydrogen (secondary N) is 2. The zero-order valence-electron chi connectivity index (χ0n) is 21.6. The number of hydrogen-bond donors (Lipinski definition) is 2. The van der Waals surface area contributed by atoms with Crippen LogP contribution in [0, 0.1) is 0 Å². The number of rotatable bonds is 6. The van der Waals surface area contributed by atoms with Gasteiger partial charge in [0, 0.05) is 67.4 Å². The molecule has 0 spiro atoms. The van der Waals surface area contributed by atoms with Crippen molar-refractivity contribution in [1.82, 2.24) is 29.6 Å². The molecule has 0 bridgehead atoms. The first kappa shape index (κ1) is 23.9. The van der Waals surface area contributed by atoms with Gasteiger partial charge in [-0.3, -0.25) is 14.5 Å². The third-order valence-electron chi connectivity index (χ3n) is 7.14. The summed E-state index contributed by atoms with van der Waals surface area (Å²) >= 11 is 0. The molecule has 0 atom stereocenters. The van der Waals surface area contributed by atoms with Crippen molar-refractivity contribution in [3.8, 4) is 22.4 Å². The Hall–Kier alpha value is -4.50. The highest BCUT2D eigenvalue weighted by Gasteiger charge is 2.15. The van der Waals surface area contributed by atoms with Crippen LogP contribution in [0.3, 0.4) is 0 Å². The summed E-state index contributed by atoms with van der Waals surface area (Å²) in [6.45, 7) is 6.67. The smallest absolute Gasteiger partial charge is 0.260 e. The number of nitrogens with zero attached hydrogens (tertiary/aromatic N) is 6. The van der Waals surface area contributed by atoms with Gasteiger partial charge < -0.3 is 15.1 Å². The summed E-state index contributed by atoms with van der Waals surface area (Å²) in [7, 11) is 2.16. The van der Waals surface area contributed by atoms with Gasteiger partial charge in [0.1, 0.15) is 5.65 Å². The third kappa shape index (κ3) is 4.64. The van der Waals surface area contributed by atoms with Gasteiger partial charge >= 0.3 is 0 Å². The number of fused-ring (bicyclic) bond motifs is 1. The molecule has 1 saturated heterocycles. The predicted molar refractivity (Wildman–Crippen MR) is 152 cm³/mol. The van der Waals surface area contributed by atoms with Crippen LogP contribution in [-0.2, 0) is 6.54 Å². The molecule has 9 heteroatoms. The molecule has 192 valence electrons. The number of hydrogen-bond acceptors (Lipinski definition) is 7. The molecule has 0 radical (unpaired) electrons. The summed E-state index contributed by atoms with van der Waals surface area (Å²) in [5.41, 5.74) is 6.08. The molecule has 2 N–H and O–H groups in total. The van der Waals surface area contributed by atoms with Crippen LogP contribution in [0.5, 0.6) is 0 Å². The Balaban J connectivity index is 1.26. The fourth-order valence-corrected chi connectivity index (χ4v) is 4.91. The topological polar surface area (TPSA) is 95.0 Å². The van der Waals surface area contributed by atoms with Gasteiger partial charge in [-0.25, -0.2) is 4.98 Å². The summed E-state index contributed by atoms with van der Waals surface area (Å²) in [5.74, 6) is 0.461. The van der Waals surface area contributed by atoms with Crippen LogP contribution in [-0.4, -0.2) is 62.9 Å². The normalized spacial score (nSPS) is 14.2. The lowest BCUT2D eigenvalue weighted by Crippen LogP contribution is -2.44. The molecule has 9 nitrogen and oxygen atoms in total. The second-order valence-electron chi connectivity index (χ2n) is 9.59. The number of likely N-dealkylation sites (N-methyl/N-ethyl adjacent to an activating group) is 1. The molecule has 2 aromatic carbocycles. The summed E-state index contributed by atoms with van der Waals surface area (Å²) in [5, 5.41) is 11.1. The van der Waals surface area contributed by atoms with Gasteiger partial charge in [-0.1, -0.05) is 24.3 Å². The maximum absolute atomic E-state index is 13.5. The van der Waals surface area contributed by atoms with Crippen molar-refractivity contribution in [2.24, 2.45) is 0 Å². The van der Waals surface area contributed by atoms with Gasteiger partial charge in [0.15, 0.2) is 0 Å². The molecule has 1 fully saturated rings. The van der Waals surface area contributed by atoms with Crippen LogP contribution < -0.4 is 15.8 Å². The monoisotopic (exact) mass is 506 g/mol. The highest BCUT2D eigenvalue weighted by molar-refractivity contribution is 5.82. The summed E-state index contributed by atoms with van der Waals surface area (Å²) in [4.78, 5) is 27.5. The largest absolute Gasteiger partial charge is 0.369 e. The number of aryl methyl sites for hydroxylation is 1. The van der Waals surface area contributed by atoms with Gasteiger partial charge in [-0.15, -0.1) is 0 Å². The van der Waals surface area contributed by atoms with Crippen molar-refractivity contribution in [3.63, 3.8) is 0 Å². The Morgan fingerprint density at radius 3 is 2.37 bits per heavy atom. The molecule has 1 aliphatic heterocycles. The molecule has 0 unspecified atom stereocenters. The van der Waals surface area contributed by atoms with Crippen molar-refractivity contribution in [1.29, 1.82) is 0 Å². The Morgan fingerprint density at radius 2 is 1.68 bits per heavy atom. The Morgan fingerprint density at radius 1 is 0.947 bits per heavy atom. The lowest BCUT2D eigenvalue weighted by atomic mass is 10.0. The molecule has 38 heavy (non-hydrogen) atoms. The number of anilines is 3. The Kier molecular flexibility index (Phi) is 6.35. The van der Waals surface area contributed by atoms with E-state index in [9.17, 15) is 4.79 Å². The molecule has 0 aliphatic carbocycles. The van der Waals surface area contributed by atoms with Gasteiger partial charge in [-0.05, 0) is 61.5 Å². The zero-order valence-corrected chi connectivity index (χ0v) is 21.6. The number of pyridine rings is 1. The van der Waals surface area contributed by atoms with Crippen molar-refractivity contribution < 1.29 is 0 Å².